The lowest BCUT2D eigenvalue weighted by molar-refractivity contribution is -0.136. The third kappa shape index (κ3) is 10.1. The van der Waals surface area contributed by atoms with Crippen molar-refractivity contribution in [3.05, 3.63) is 72.3 Å². The van der Waals surface area contributed by atoms with E-state index in [1.807, 2.05) is 0 Å². The summed E-state index contributed by atoms with van der Waals surface area (Å²) in [5, 5.41) is 23.2. The number of aromatic nitrogens is 2. The van der Waals surface area contributed by atoms with Gasteiger partial charge >= 0.3 is 0 Å². The van der Waals surface area contributed by atoms with E-state index in [1.54, 1.807) is 42.5 Å². The van der Waals surface area contributed by atoms with Crippen molar-refractivity contribution in [3.8, 4) is 28.5 Å². The van der Waals surface area contributed by atoms with Gasteiger partial charge in [-0.05, 0) is 56.0 Å². The van der Waals surface area contributed by atoms with Crippen LogP contribution in [0.15, 0.2) is 61.2 Å². The van der Waals surface area contributed by atoms with Crippen LogP contribution in [0.5, 0.6) is 17.2 Å². The first-order valence-electron chi connectivity index (χ1n) is 17.3. The van der Waals surface area contributed by atoms with Crippen molar-refractivity contribution in [2.24, 2.45) is 0 Å². The fourth-order valence-corrected chi connectivity index (χ4v) is 5.74. The fraction of sp³-hybridized carbons (Fsp3) is 0.378. The first-order valence-corrected chi connectivity index (χ1v) is 17.3. The van der Waals surface area contributed by atoms with E-state index < -0.39 is 29.7 Å². The topological polar surface area (TPSA) is 222 Å². The number of piperidine rings is 1. The molecule has 0 bridgehead atoms. The summed E-state index contributed by atoms with van der Waals surface area (Å²) in [6.07, 6.45) is 4.11. The summed E-state index contributed by atoms with van der Waals surface area (Å²) in [7, 11) is 0. The van der Waals surface area contributed by atoms with Crippen LogP contribution < -0.4 is 25.8 Å². The fourth-order valence-electron chi connectivity index (χ4n) is 5.74. The number of carbonyl (C=O) groups excluding carboxylic acids is 5. The Hall–Kier alpha value is -5.87. The number of amides is 5. The maximum atomic E-state index is 13.0. The van der Waals surface area contributed by atoms with Gasteiger partial charge in [-0.25, -0.2) is 0 Å². The molecule has 3 aromatic rings. The zero-order valence-electron chi connectivity index (χ0n) is 29.1. The molecule has 5 amide bonds. The van der Waals surface area contributed by atoms with Crippen molar-refractivity contribution >= 4 is 35.4 Å². The maximum Gasteiger partial charge on any atom is 0.262 e. The highest BCUT2D eigenvalue weighted by atomic mass is 16.5. The number of hydrogen-bond acceptors (Lipinski definition) is 13. The Balaban J connectivity index is 0.902. The predicted molar refractivity (Wildman–Crippen MR) is 190 cm³/mol. The Morgan fingerprint density at radius 2 is 1.70 bits per heavy atom. The van der Waals surface area contributed by atoms with Gasteiger partial charge in [0.05, 0.1) is 44.2 Å². The number of imide groups is 2. The molecule has 2 atom stereocenters. The molecular weight excluding hydrogens is 688 g/mol. The number of benzene rings is 2. The summed E-state index contributed by atoms with van der Waals surface area (Å²) < 4.78 is 22.5. The average Bonchev–Trinajstić information content (AvgIpc) is 3.39. The van der Waals surface area contributed by atoms with Gasteiger partial charge in [0.25, 0.3) is 11.8 Å². The number of para-hydroxylation sites is 1. The van der Waals surface area contributed by atoms with Gasteiger partial charge in [0.1, 0.15) is 29.8 Å². The van der Waals surface area contributed by atoms with E-state index in [9.17, 15) is 29.1 Å². The number of nitrogens with two attached hydrogens (primary N) is 1. The minimum absolute atomic E-state index is 0.0456. The van der Waals surface area contributed by atoms with Crippen molar-refractivity contribution in [3.63, 3.8) is 0 Å². The number of unbranched alkanes of at least 4 members (excludes halogenated alkanes) is 1. The molecule has 1 fully saturated rings. The monoisotopic (exact) mass is 730 g/mol. The Bertz CT molecular complexity index is 1840. The van der Waals surface area contributed by atoms with Gasteiger partial charge in [0.2, 0.25) is 17.7 Å². The molecule has 0 radical (unpaired) electrons. The van der Waals surface area contributed by atoms with Gasteiger partial charge in [-0.1, -0.05) is 18.2 Å². The third-order valence-electron chi connectivity index (χ3n) is 8.52. The van der Waals surface area contributed by atoms with Crippen LogP contribution >= 0.6 is 0 Å². The number of ether oxygens (including phenoxy) is 4. The van der Waals surface area contributed by atoms with Crippen LogP contribution in [0.4, 0.5) is 5.82 Å². The summed E-state index contributed by atoms with van der Waals surface area (Å²) in [5.74, 6) is -1.49. The van der Waals surface area contributed by atoms with Crippen molar-refractivity contribution in [1.82, 2.24) is 25.7 Å². The van der Waals surface area contributed by atoms with Crippen LogP contribution in [0.25, 0.3) is 11.3 Å². The Morgan fingerprint density at radius 1 is 0.943 bits per heavy atom. The van der Waals surface area contributed by atoms with Gasteiger partial charge < -0.3 is 35.1 Å². The quantitative estimate of drug-likeness (QED) is 0.0747. The highest BCUT2D eigenvalue weighted by molar-refractivity contribution is 6.23. The minimum Gasteiger partial charge on any atom is -0.507 e. The molecule has 0 saturated carbocycles. The first kappa shape index (κ1) is 38.4. The molecular formula is C37H42N6O10. The molecule has 2 aliphatic rings. The van der Waals surface area contributed by atoms with Crippen molar-refractivity contribution in [2.75, 3.05) is 45.4 Å². The summed E-state index contributed by atoms with van der Waals surface area (Å²) in [6, 6.07) is 11.7. The molecule has 2 aromatic carbocycles. The lowest BCUT2D eigenvalue weighted by atomic mass is 10.0. The number of carbonyl (C=O) groups is 5. The van der Waals surface area contributed by atoms with E-state index in [-0.39, 0.29) is 86.9 Å². The van der Waals surface area contributed by atoms with E-state index in [2.05, 4.69) is 27.4 Å². The summed E-state index contributed by atoms with van der Waals surface area (Å²) in [4.78, 5) is 62.8. The van der Waals surface area contributed by atoms with E-state index >= 15 is 0 Å². The van der Waals surface area contributed by atoms with Crippen LogP contribution in [-0.4, -0.2) is 101 Å². The van der Waals surface area contributed by atoms with Crippen LogP contribution in [0.1, 0.15) is 59.2 Å². The van der Waals surface area contributed by atoms with Gasteiger partial charge in [-0.3, -0.25) is 34.2 Å². The van der Waals surface area contributed by atoms with Gasteiger partial charge in [-0.2, -0.15) is 0 Å². The second kappa shape index (κ2) is 18.6. The maximum absolute atomic E-state index is 13.0. The Morgan fingerprint density at radius 3 is 2.47 bits per heavy atom. The zero-order valence-corrected chi connectivity index (χ0v) is 29.1. The zero-order chi connectivity index (χ0) is 37.7. The van der Waals surface area contributed by atoms with E-state index in [0.717, 1.165) is 11.3 Å². The van der Waals surface area contributed by atoms with E-state index in [4.69, 9.17) is 24.7 Å². The second-order valence-electron chi connectivity index (χ2n) is 12.2. The average molecular weight is 731 g/mol. The standard InChI is InChI=1S/C37H42N6O10/c1-2-23(7-5-6-15-53-31-22-28(41-42-34(31)38)26-8-3-4-9-30(26)44)39-33(46)14-16-50-17-18-51-19-20-52-24-10-11-25-27(21-24)37(49)43(36(25)48)29-12-13-32(45)40-35(29)47/h2-4,8-11,21-23,29,44H,1,5-7,12-20H2,(H2,38,42)(H,39,46)(H,40,45,47). The third-order valence-corrected chi connectivity index (χ3v) is 8.52. The van der Waals surface area contributed by atoms with E-state index in [1.165, 1.54) is 12.1 Å². The van der Waals surface area contributed by atoms with Crippen LogP contribution in [0.2, 0.25) is 0 Å². The molecule has 16 nitrogen and oxygen atoms in total. The van der Waals surface area contributed by atoms with Crippen LogP contribution in [-0.2, 0) is 23.9 Å². The Labute approximate surface area is 305 Å². The number of nitrogens with one attached hydrogen (secondary N) is 2. The lowest BCUT2D eigenvalue weighted by Crippen LogP contribution is -2.54. The van der Waals surface area contributed by atoms with Gasteiger partial charge in [0, 0.05) is 30.5 Å². The largest absolute Gasteiger partial charge is 0.507 e. The molecule has 5 rings (SSSR count). The number of phenols is 1. The summed E-state index contributed by atoms with van der Waals surface area (Å²) in [5.41, 5.74) is 7.19. The summed E-state index contributed by atoms with van der Waals surface area (Å²) >= 11 is 0. The Kier molecular flexibility index (Phi) is 13.4. The minimum atomic E-state index is -1.03. The predicted octanol–water partition coefficient (Wildman–Crippen LogP) is 2.55. The normalized spacial score (nSPS) is 15.8. The molecule has 1 aromatic heterocycles. The molecule has 2 aliphatic heterocycles. The molecule has 0 aliphatic carbocycles. The van der Waals surface area contributed by atoms with Crippen LogP contribution in [0.3, 0.4) is 0 Å². The molecule has 280 valence electrons. The SMILES string of the molecule is C=CC(CCCCOc1cc(-c2ccccc2O)nnc1N)NC(=O)CCOCCOCCOc1ccc2c(c1)C(=O)N(C1CCC(=O)NC1=O)C2=O. The smallest absolute Gasteiger partial charge is 0.262 e. The number of nitrogen functional groups attached to an aromatic ring is 1. The number of hydrogen-bond donors (Lipinski definition) is 4. The van der Waals surface area contributed by atoms with Crippen molar-refractivity contribution < 1.29 is 48.0 Å². The van der Waals surface area contributed by atoms with Crippen molar-refractivity contribution in [2.45, 2.75) is 50.6 Å². The highest BCUT2D eigenvalue weighted by Crippen LogP contribution is 2.32. The lowest BCUT2D eigenvalue weighted by Gasteiger charge is -2.27. The van der Waals surface area contributed by atoms with Gasteiger partial charge in [0.15, 0.2) is 11.6 Å². The molecule has 2 unspecified atom stereocenters. The molecule has 16 heteroatoms. The molecule has 3 heterocycles. The second-order valence-corrected chi connectivity index (χ2v) is 12.2. The molecule has 0 spiro atoms. The van der Waals surface area contributed by atoms with Crippen molar-refractivity contribution in [1.29, 1.82) is 0 Å². The number of phenolic OH excluding ortho intramolecular Hbond substituents is 1. The summed E-state index contributed by atoms with van der Waals surface area (Å²) in [6.45, 7) is 5.36. The number of rotatable bonds is 20. The number of fused-ring (bicyclic) bond motifs is 1. The highest BCUT2D eigenvalue weighted by Gasteiger charge is 2.44. The molecule has 5 N–H and O–H groups in total. The van der Waals surface area contributed by atoms with E-state index in [0.29, 0.717) is 42.2 Å². The number of aromatic hydroxyl groups is 1. The first-order chi connectivity index (χ1) is 25.7. The van der Waals surface area contributed by atoms with Crippen LogP contribution in [0, 0.1) is 0 Å². The molecule has 53 heavy (non-hydrogen) atoms. The number of anilines is 1. The number of nitrogens with zero attached hydrogens (tertiary/aromatic N) is 3. The molecule has 1 saturated heterocycles. The van der Waals surface area contributed by atoms with Gasteiger partial charge in [-0.15, -0.1) is 16.8 Å².